The number of hydrogen-bond acceptors (Lipinski definition) is 5. The third kappa shape index (κ3) is 2.60. The Kier molecular flexibility index (Phi) is 3.59. The molecule has 0 unspecified atom stereocenters. The Balaban J connectivity index is 2.11. The number of anilines is 1. The molecule has 6 nitrogen and oxygen atoms in total. The van der Waals surface area contributed by atoms with Gasteiger partial charge in [0.15, 0.2) is 5.49 Å². The van der Waals surface area contributed by atoms with Crippen LogP contribution in [0.2, 0.25) is 0 Å². The van der Waals surface area contributed by atoms with Gasteiger partial charge in [0.2, 0.25) is 0 Å². The fraction of sp³-hybridized carbons (Fsp3) is 0.400. The highest BCUT2D eigenvalue weighted by Gasteiger charge is 2.15. The van der Waals surface area contributed by atoms with Gasteiger partial charge < -0.3 is 10.5 Å². The van der Waals surface area contributed by atoms with Gasteiger partial charge in [-0.1, -0.05) is 0 Å². The van der Waals surface area contributed by atoms with Crippen molar-refractivity contribution >= 4 is 11.5 Å². The van der Waals surface area contributed by atoms with Crippen molar-refractivity contribution in [3.8, 4) is 6.07 Å². The Bertz CT molecular complexity index is 781. The minimum absolute atomic E-state index is 0.125. The van der Waals surface area contributed by atoms with Crippen LogP contribution in [0.1, 0.15) is 24.0 Å². The number of nitrogens with two attached hydrogens (primary N) is 1. The highest BCUT2D eigenvalue weighted by molar-refractivity contribution is 5.55. The Morgan fingerprint density at radius 3 is 3.19 bits per heavy atom. The van der Waals surface area contributed by atoms with E-state index < -0.39 is 0 Å². The highest BCUT2D eigenvalue weighted by Crippen LogP contribution is 2.13. The van der Waals surface area contributed by atoms with Crippen molar-refractivity contribution in [1.82, 2.24) is 9.38 Å². The van der Waals surface area contributed by atoms with Gasteiger partial charge in [-0.15, -0.1) is 0 Å². The van der Waals surface area contributed by atoms with Gasteiger partial charge in [0, 0.05) is 12.8 Å². The van der Waals surface area contributed by atoms with Gasteiger partial charge in [-0.05, 0) is 37.5 Å². The molecular formula is C15H17N5O. The molecule has 6 heteroatoms. The van der Waals surface area contributed by atoms with Crippen LogP contribution in [0, 0.1) is 18.3 Å². The lowest BCUT2D eigenvalue weighted by Crippen LogP contribution is -2.22. The minimum atomic E-state index is 0.125. The van der Waals surface area contributed by atoms with Crippen LogP contribution >= 0.6 is 0 Å². The summed E-state index contributed by atoms with van der Waals surface area (Å²) >= 11 is 0. The van der Waals surface area contributed by atoms with Gasteiger partial charge in [0.25, 0.3) is 0 Å². The zero-order valence-corrected chi connectivity index (χ0v) is 11.9. The lowest BCUT2D eigenvalue weighted by Gasteiger charge is -2.08. The van der Waals surface area contributed by atoms with Gasteiger partial charge in [-0.3, -0.25) is 9.39 Å². The predicted molar refractivity (Wildman–Crippen MR) is 78.5 cm³/mol. The van der Waals surface area contributed by atoms with Gasteiger partial charge >= 0.3 is 0 Å². The van der Waals surface area contributed by atoms with E-state index in [1.54, 1.807) is 4.40 Å². The quantitative estimate of drug-likeness (QED) is 0.896. The number of nitrogens with zero attached hydrogens (tertiary/aromatic N) is 4. The summed E-state index contributed by atoms with van der Waals surface area (Å²) in [5.74, 6) is 0.369. The maximum Gasteiger partial charge on any atom is 0.171 e. The fourth-order valence-corrected chi connectivity index (χ4v) is 2.48. The van der Waals surface area contributed by atoms with E-state index in [9.17, 15) is 5.26 Å². The summed E-state index contributed by atoms with van der Waals surface area (Å²) in [6.07, 6.45) is 4.01. The monoisotopic (exact) mass is 283 g/mol. The highest BCUT2D eigenvalue weighted by atomic mass is 16.5. The average Bonchev–Trinajstić information content (AvgIpc) is 2.98. The molecule has 1 fully saturated rings. The summed E-state index contributed by atoms with van der Waals surface area (Å²) in [6, 6.07) is 5.95. The van der Waals surface area contributed by atoms with Crippen LogP contribution < -0.4 is 11.2 Å². The molecule has 2 aromatic rings. The van der Waals surface area contributed by atoms with E-state index in [1.807, 2.05) is 25.3 Å². The maximum absolute atomic E-state index is 9.33. The first kappa shape index (κ1) is 13.6. The summed E-state index contributed by atoms with van der Waals surface area (Å²) in [5.41, 5.74) is 8.56. The predicted octanol–water partition coefficient (Wildman–Crippen LogP) is 1.18. The third-order valence-corrected chi connectivity index (χ3v) is 3.63. The largest absolute Gasteiger partial charge is 0.384 e. The maximum atomic E-state index is 9.33. The number of pyridine rings is 1. The van der Waals surface area contributed by atoms with Gasteiger partial charge in [0.1, 0.15) is 23.1 Å². The number of nitrogen functional groups attached to an aromatic ring is 1. The van der Waals surface area contributed by atoms with Crippen molar-refractivity contribution in [3.05, 3.63) is 34.9 Å². The zero-order valence-electron chi connectivity index (χ0n) is 11.9. The molecule has 0 aromatic carbocycles. The van der Waals surface area contributed by atoms with Crippen molar-refractivity contribution in [2.75, 3.05) is 18.9 Å². The van der Waals surface area contributed by atoms with E-state index in [0.29, 0.717) is 29.1 Å². The number of aromatic nitrogens is 2. The van der Waals surface area contributed by atoms with Crippen LogP contribution in [0.4, 0.5) is 5.82 Å². The first-order chi connectivity index (χ1) is 10.2. The van der Waals surface area contributed by atoms with E-state index in [1.165, 1.54) is 0 Å². The van der Waals surface area contributed by atoms with E-state index >= 15 is 0 Å². The molecule has 0 radical (unpaired) electrons. The first-order valence-corrected chi connectivity index (χ1v) is 6.99. The summed E-state index contributed by atoms with van der Waals surface area (Å²) in [6.45, 7) is 3.29. The molecule has 1 saturated heterocycles. The van der Waals surface area contributed by atoms with Crippen LogP contribution in [-0.4, -0.2) is 28.6 Å². The minimum Gasteiger partial charge on any atom is -0.384 e. The molecule has 2 N–H and O–H groups in total. The molecule has 0 spiro atoms. The molecule has 0 amide bonds. The summed E-state index contributed by atoms with van der Waals surface area (Å²) in [7, 11) is 0. The van der Waals surface area contributed by atoms with E-state index in [0.717, 1.165) is 25.0 Å². The molecular weight excluding hydrogens is 266 g/mol. The molecule has 0 bridgehead atoms. The molecule has 0 saturated carbocycles. The van der Waals surface area contributed by atoms with Gasteiger partial charge in [0.05, 0.1) is 12.6 Å². The molecule has 1 aliphatic heterocycles. The SMILES string of the molecule is Cc1ccn2c(N)c(C#N)c(=NC[C@@H]3CCCO3)nc2c1. The smallest absolute Gasteiger partial charge is 0.171 e. The van der Waals surface area contributed by atoms with Crippen LogP contribution in [-0.2, 0) is 4.74 Å². The second-order valence-electron chi connectivity index (χ2n) is 5.22. The molecule has 3 rings (SSSR count). The topological polar surface area (TPSA) is 88.7 Å². The Morgan fingerprint density at radius 2 is 2.48 bits per heavy atom. The van der Waals surface area contributed by atoms with Crippen molar-refractivity contribution in [1.29, 1.82) is 5.26 Å². The standard InChI is InChI=1S/C15H17N5O/c1-10-4-5-20-13(7-10)19-15(12(8-16)14(20)17)18-9-11-3-2-6-21-11/h4-5,7,11H,2-3,6,9,17H2,1H3/t11-/m0/s1. The molecule has 108 valence electrons. The van der Waals surface area contributed by atoms with Gasteiger partial charge in [-0.2, -0.15) is 5.26 Å². The average molecular weight is 283 g/mol. The van der Waals surface area contributed by atoms with E-state index in [2.05, 4.69) is 16.0 Å². The number of rotatable bonds is 2. The summed E-state index contributed by atoms with van der Waals surface area (Å²) < 4.78 is 7.25. The Morgan fingerprint density at radius 1 is 1.62 bits per heavy atom. The molecule has 2 aromatic heterocycles. The Labute approximate surface area is 122 Å². The number of hydrogen-bond donors (Lipinski definition) is 1. The summed E-state index contributed by atoms with van der Waals surface area (Å²) in [4.78, 5) is 8.91. The first-order valence-electron chi connectivity index (χ1n) is 6.99. The van der Waals surface area contributed by atoms with Crippen LogP contribution in [0.3, 0.4) is 0 Å². The normalized spacial score (nSPS) is 19.0. The number of ether oxygens (including phenoxy) is 1. The molecule has 21 heavy (non-hydrogen) atoms. The number of nitriles is 1. The van der Waals surface area contributed by atoms with Gasteiger partial charge in [-0.25, -0.2) is 4.98 Å². The number of fused-ring (bicyclic) bond motifs is 1. The lowest BCUT2D eigenvalue weighted by atomic mass is 10.2. The number of aryl methyl sites for hydroxylation is 1. The van der Waals surface area contributed by atoms with Crippen LogP contribution in [0.15, 0.2) is 23.3 Å². The molecule has 1 aliphatic rings. The summed E-state index contributed by atoms with van der Waals surface area (Å²) in [5, 5.41) is 9.33. The van der Waals surface area contributed by atoms with Crippen molar-refractivity contribution in [3.63, 3.8) is 0 Å². The molecule has 0 aliphatic carbocycles. The van der Waals surface area contributed by atoms with E-state index in [-0.39, 0.29) is 6.10 Å². The second kappa shape index (κ2) is 5.54. The van der Waals surface area contributed by atoms with Crippen molar-refractivity contribution < 1.29 is 4.74 Å². The Hall–Kier alpha value is -2.39. The third-order valence-electron chi connectivity index (χ3n) is 3.63. The fourth-order valence-electron chi connectivity index (χ4n) is 2.48. The molecule has 1 atom stereocenters. The van der Waals surface area contributed by atoms with Crippen molar-refractivity contribution in [2.24, 2.45) is 4.99 Å². The van der Waals surface area contributed by atoms with Crippen molar-refractivity contribution in [2.45, 2.75) is 25.9 Å². The van der Waals surface area contributed by atoms with E-state index in [4.69, 9.17) is 10.5 Å². The zero-order chi connectivity index (χ0) is 14.8. The molecule has 3 heterocycles. The lowest BCUT2D eigenvalue weighted by molar-refractivity contribution is 0.117. The van der Waals surface area contributed by atoms with Crippen LogP contribution in [0.5, 0.6) is 0 Å². The second-order valence-corrected chi connectivity index (χ2v) is 5.22. The van der Waals surface area contributed by atoms with Crippen LogP contribution in [0.25, 0.3) is 5.65 Å².